The van der Waals surface area contributed by atoms with Gasteiger partial charge >= 0.3 is 6.18 Å². The van der Waals surface area contributed by atoms with Gasteiger partial charge in [-0.25, -0.2) is 0 Å². The summed E-state index contributed by atoms with van der Waals surface area (Å²) in [7, 11) is 0. The summed E-state index contributed by atoms with van der Waals surface area (Å²) >= 11 is 0. The first kappa shape index (κ1) is 37.4. The number of hydrogen-bond acceptors (Lipinski definition) is 4. The van der Waals surface area contributed by atoms with Crippen molar-refractivity contribution in [3.8, 4) is 69.0 Å². The van der Waals surface area contributed by atoms with E-state index in [4.69, 9.17) is 0 Å². The van der Waals surface area contributed by atoms with Crippen LogP contribution in [0, 0.1) is 45.3 Å². The molecule has 8 aromatic carbocycles. The van der Waals surface area contributed by atoms with Crippen molar-refractivity contribution in [1.82, 2.24) is 9.13 Å². The molecule has 2 heterocycles. The van der Waals surface area contributed by atoms with Crippen LogP contribution < -0.4 is 0 Å². The summed E-state index contributed by atoms with van der Waals surface area (Å²) in [5.74, 6) is 0. The number of aromatic nitrogens is 2. The maximum atomic E-state index is 14.6. The molecule has 0 aliphatic carbocycles. The molecule has 0 unspecified atom stereocenters. The summed E-state index contributed by atoms with van der Waals surface area (Å²) < 4.78 is 47.7. The second kappa shape index (κ2) is 14.4. The highest BCUT2D eigenvalue weighted by atomic mass is 19.4. The molecule has 0 saturated heterocycles. The fourth-order valence-electron chi connectivity index (χ4n) is 8.74. The molecule has 9 heteroatoms. The zero-order valence-electron chi connectivity index (χ0n) is 32.4. The highest BCUT2D eigenvalue weighted by Gasteiger charge is 2.32. The van der Waals surface area contributed by atoms with Crippen molar-refractivity contribution in [2.75, 3.05) is 0 Å². The van der Waals surface area contributed by atoms with Crippen LogP contribution >= 0.6 is 0 Å². The van der Waals surface area contributed by atoms with E-state index >= 15 is 0 Å². The lowest BCUT2D eigenvalue weighted by Crippen LogP contribution is -2.07. The predicted octanol–water partition coefficient (Wildman–Crippen LogP) is 13.4. The van der Waals surface area contributed by atoms with Gasteiger partial charge in [0.2, 0.25) is 0 Å². The number of alkyl halides is 3. The minimum Gasteiger partial charge on any atom is -0.309 e. The van der Waals surface area contributed by atoms with Gasteiger partial charge < -0.3 is 9.13 Å². The lowest BCUT2D eigenvalue weighted by atomic mass is 9.95. The molecule has 0 radical (unpaired) electrons. The Bertz CT molecular complexity index is 3690. The SMILES string of the molecule is N#Cc1cc(-c2cc(-n3c4ccccc4c4cc(-c5ccccc5C#N)ccc43)c(C#N)cc2-n2c3ccccc3c3cc(-c4ccccc4C#N)ccc32)cc(C(F)(F)F)c1. The van der Waals surface area contributed by atoms with E-state index in [-0.39, 0.29) is 16.7 Å². The Morgan fingerprint density at radius 2 is 0.855 bits per heavy atom. The van der Waals surface area contributed by atoms with Crippen LogP contribution in [0.3, 0.4) is 0 Å². The Labute approximate surface area is 352 Å². The minimum atomic E-state index is -4.76. The van der Waals surface area contributed by atoms with Gasteiger partial charge in [-0.1, -0.05) is 84.9 Å². The third kappa shape index (κ3) is 5.93. The first-order valence-electron chi connectivity index (χ1n) is 19.5. The van der Waals surface area contributed by atoms with Crippen LogP contribution in [0.15, 0.2) is 164 Å². The molecule has 10 aromatic rings. The number of hydrogen-bond donors (Lipinski definition) is 0. The molecule has 0 saturated carbocycles. The second-order valence-corrected chi connectivity index (χ2v) is 14.9. The van der Waals surface area contributed by atoms with Crippen molar-refractivity contribution in [1.29, 1.82) is 21.0 Å². The third-order valence-corrected chi connectivity index (χ3v) is 11.5. The highest BCUT2D eigenvalue weighted by Crippen LogP contribution is 2.44. The van der Waals surface area contributed by atoms with Crippen LogP contribution in [0.25, 0.3) is 88.4 Å². The van der Waals surface area contributed by atoms with Gasteiger partial charge in [-0.2, -0.15) is 34.2 Å². The van der Waals surface area contributed by atoms with Gasteiger partial charge in [0.25, 0.3) is 0 Å². The summed E-state index contributed by atoms with van der Waals surface area (Å²) in [6, 6.07) is 57.4. The van der Waals surface area contributed by atoms with Crippen LogP contribution in [0.2, 0.25) is 0 Å². The van der Waals surface area contributed by atoms with Gasteiger partial charge in [0.1, 0.15) is 6.07 Å². The monoisotopic (exact) mass is 804 g/mol. The summed E-state index contributed by atoms with van der Waals surface area (Å²) in [5.41, 5.74) is 7.60. The molecule has 0 spiro atoms. The molecule has 0 aliphatic rings. The van der Waals surface area contributed by atoms with Gasteiger partial charge in [-0.05, 0) is 107 Å². The maximum absolute atomic E-state index is 14.6. The average Bonchev–Trinajstić information content (AvgIpc) is 3.82. The van der Waals surface area contributed by atoms with Crippen molar-refractivity contribution in [2.24, 2.45) is 0 Å². The number of para-hydroxylation sites is 2. The zero-order chi connectivity index (χ0) is 42.7. The smallest absolute Gasteiger partial charge is 0.309 e. The molecule has 0 N–H and O–H groups in total. The maximum Gasteiger partial charge on any atom is 0.416 e. The molecular formula is C53H27F3N6. The van der Waals surface area contributed by atoms with Gasteiger partial charge in [-0.3, -0.25) is 0 Å². The lowest BCUT2D eigenvalue weighted by molar-refractivity contribution is -0.137. The zero-order valence-corrected chi connectivity index (χ0v) is 32.4. The van der Waals surface area contributed by atoms with Gasteiger partial charge in [0.15, 0.2) is 0 Å². The molecule has 0 fully saturated rings. The standard InChI is InChI=1S/C53H27F3N6/c54-53(55,56)39-22-32(28-57)21-37(23-39)44-27-51(61-47-15-7-5-13-42(47)45-24-33(17-19-49(45)61)40-11-3-1-9-35(40)29-58)38(31-60)26-52(44)62-48-16-8-6-14-43(48)46-25-34(18-20-50(46)62)41-12-4-2-10-36(41)30-59/h1-27H. The summed E-state index contributed by atoms with van der Waals surface area (Å²) in [4.78, 5) is 0. The Balaban J connectivity index is 1.30. The molecular weight excluding hydrogens is 778 g/mol. The number of rotatable bonds is 5. The normalized spacial score (nSPS) is 11.4. The van der Waals surface area contributed by atoms with Crippen LogP contribution in [0.1, 0.15) is 27.8 Å². The topological polar surface area (TPSA) is 105 Å². The molecule has 10 rings (SSSR count). The van der Waals surface area contributed by atoms with E-state index in [1.54, 1.807) is 24.3 Å². The number of benzene rings is 8. The summed E-state index contributed by atoms with van der Waals surface area (Å²) in [6.45, 7) is 0. The summed E-state index contributed by atoms with van der Waals surface area (Å²) in [6.07, 6.45) is -4.76. The van der Waals surface area contributed by atoms with E-state index in [1.807, 2.05) is 137 Å². The Hall–Kier alpha value is -8.89. The summed E-state index contributed by atoms with van der Waals surface area (Å²) in [5, 5.41) is 44.3. The average molecular weight is 805 g/mol. The van der Waals surface area contributed by atoms with E-state index in [9.17, 15) is 34.2 Å². The molecule has 0 aliphatic heterocycles. The van der Waals surface area contributed by atoms with Crippen LogP contribution in [-0.2, 0) is 6.18 Å². The van der Waals surface area contributed by atoms with Crippen molar-refractivity contribution in [2.45, 2.75) is 6.18 Å². The van der Waals surface area contributed by atoms with Crippen LogP contribution in [0.4, 0.5) is 13.2 Å². The lowest BCUT2D eigenvalue weighted by Gasteiger charge is -2.20. The minimum absolute atomic E-state index is 0.138. The van der Waals surface area contributed by atoms with Gasteiger partial charge in [-0.15, -0.1) is 0 Å². The Kier molecular flexibility index (Phi) is 8.70. The quantitative estimate of drug-likeness (QED) is 0.173. The van der Waals surface area contributed by atoms with Crippen LogP contribution in [0.5, 0.6) is 0 Å². The molecule has 62 heavy (non-hydrogen) atoms. The van der Waals surface area contributed by atoms with E-state index in [0.717, 1.165) is 78.0 Å². The predicted molar refractivity (Wildman–Crippen MR) is 235 cm³/mol. The van der Waals surface area contributed by atoms with Crippen LogP contribution in [-0.4, -0.2) is 9.13 Å². The largest absolute Gasteiger partial charge is 0.416 e. The number of nitrogens with zero attached hydrogens (tertiary/aromatic N) is 6. The molecule has 6 nitrogen and oxygen atoms in total. The van der Waals surface area contributed by atoms with E-state index in [0.29, 0.717) is 28.1 Å². The number of nitriles is 4. The third-order valence-electron chi connectivity index (χ3n) is 11.5. The molecule has 0 bridgehead atoms. The van der Waals surface area contributed by atoms with Gasteiger partial charge in [0, 0.05) is 27.1 Å². The van der Waals surface area contributed by atoms with E-state index in [2.05, 4.69) is 18.2 Å². The fourth-order valence-corrected chi connectivity index (χ4v) is 8.74. The first-order chi connectivity index (χ1) is 30.2. The van der Waals surface area contributed by atoms with Crippen molar-refractivity contribution in [3.63, 3.8) is 0 Å². The molecule has 290 valence electrons. The van der Waals surface area contributed by atoms with Crippen molar-refractivity contribution in [3.05, 3.63) is 192 Å². The number of fused-ring (bicyclic) bond motifs is 6. The molecule has 0 amide bonds. The van der Waals surface area contributed by atoms with Crippen molar-refractivity contribution >= 4 is 43.6 Å². The van der Waals surface area contributed by atoms with E-state index < -0.39 is 11.7 Å². The van der Waals surface area contributed by atoms with Crippen molar-refractivity contribution < 1.29 is 13.2 Å². The van der Waals surface area contributed by atoms with E-state index in [1.165, 1.54) is 6.07 Å². The highest BCUT2D eigenvalue weighted by molar-refractivity contribution is 6.12. The fraction of sp³-hybridized carbons (Fsp3) is 0.0189. The molecule has 0 atom stereocenters. The second-order valence-electron chi connectivity index (χ2n) is 14.9. The van der Waals surface area contributed by atoms with Gasteiger partial charge in [0.05, 0.1) is 79.5 Å². The number of halogens is 3. The Morgan fingerprint density at radius 3 is 1.37 bits per heavy atom. The Morgan fingerprint density at radius 1 is 0.371 bits per heavy atom. The molecule has 2 aromatic heterocycles. The first-order valence-corrected chi connectivity index (χ1v) is 19.5.